The molecular weight excluding hydrogens is 315 g/mol. The third-order valence-corrected chi connectivity index (χ3v) is 4.57. The molecule has 0 aliphatic carbocycles. The highest BCUT2D eigenvalue weighted by Gasteiger charge is 2.24. The van der Waals surface area contributed by atoms with Crippen LogP contribution in [-0.4, -0.2) is 41.0 Å². The Kier molecular flexibility index (Phi) is 5.08. The van der Waals surface area contributed by atoms with Crippen molar-refractivity contribution in [2.75, 3.05) is 25.0 Å². The molecular formula is C17H20ClFN4. The van der Waals surface area contributed by atoms with Gasteiger partial charge in [-0.3, -0.25) is 4.90 Å². The Bertz CT molecular complexity index is 641. The normalized spacial score (nSPS) is 16.5. The molecule has 3 rings (SSSR count). The minimum Gasteiger partial charge on any atom is -0.341 e. The van der Waals surface area contributed by atoms with Gasteiger partial charge in [-0.2, -0.15) is 0 Å². The van der Waals surface area contributed by atoms with Gasteiger partial charge in [0.25, 0.3) is 0 Å². The van der Waals surface area contributed by atoms with Crippen molar-refractivity contribution in [3.8, 4) is 0 Å². The summed E-state index contributed by atoms with van der Waals surface area (Å²) in [5.41, 5.74) is 0.764. The Morgan fingerprint density at radius 2 is 1.87 bits per heavy atom. The Morgan fingerprint density at radius 3 is 2.52 bits per heavy atom. The highest BCUT2D eigenvalue weighted by molar-refractivity contribution is 6.30. The van der Waals surface area contributed by atoms with E-state index in [1.165, 1.54) is 6.07 Å². The maximum absolute atomic E-state index is 13.7. The molecule has 1 aromatic heterocycles. The summed E-state index contributed by atoms with van der Waals surface area (Å²) in [5.74, 6) is 0.572. The van der Waals surface area contributed by atoms with Crippen molar-refractivity contribution in [3.63, 3.8) is 0 Å². The lowest BCUT2D eigenvalue weighted by Crippen LogP contribution is -2.43. The fraction of sp³-hybridized carbons (Fsp3) is 0.412. The molecule has 4 nitrogen and oxygen atoms in total. The smallest absolute Gasteiger partial charge is 0.225 e. The molecule has 1 saturated heterocycles. The molecule has 6 heteroatoms. The van der Waals surface area contributed by atoms with Crippen molar-refractivity contribution < 1.29 is 4.39 Å². The average Bonchev–Trinajstić information content (AvgIpc) is 2.58. The van der Waals surface area contributed by atoms with Crippen molar-refractivity contribution in [1.29, 1.82) is 0 Å². The van der Waals surface area contributed by atoms with Crippen LogP contribution in [0, 0.1) is 5.82 Å². The van der Waals surface area contributed by atoms with Gasteiger partial charge in [0.15, 0.2) is 0 Å². The zero-order valence-electron chi connectivity index (χ0n) is 13.1. The lowest BCUT2D eigenvalue weighted by molar-refractivity contribution is 0.200. The van der Waals surface area contributed by atoms with Gasteiger partial charge in [-0.1, -0.05) is 29.8 Å². The summed E-state index contributed by atoms with van der Waals surface area (Å²) >= 11 is 5.83. The van der Waals surface area contributed by atoms with Crippen LogP contribution in [0.2, 0.25) is 5.02 Å². The van der Waals surface area contributed by atoms with E-state index in [0.717, 1.165) is 31.5 Å². The second-order valence-corrected chi connectivity index (χ2v) is 6.35. The lowest BCUT2D eigenvalue weighted by Gasteiger charge is -2.36. The van der Waals surface area contributed by atoms with Crippen molar-refractivity contribution in [2.45, 2.75) is 25.4 Å². The topological polar surface area (TPSA) is 32.3 Å². The van der Waals surface area contributed by atoms with Crippen LogP contribution in [0.25, 0.3) is 0 Å². The van der Waals surface area contributed by atoms with E-state index in [1.54, 1.807) is 18.5 Å². The molecule has 0 saturated carbocycles. The molecule has 0 amide bonds. The molecule has 23 heavy (non-hydrogen) atoms. The predicted octanol–water partition coefficient (Wildman–Crippen LogP) is 3.37. The van der Waals surface area contributed by atoms with Crippen LogP contribution in [0.4, 0.5) is 10.3 Å². The molecule has 0 unspecified atom stereocenters. The summed E-state index contributed by atoms with van der Waals surface area (Å²) < 4.78 is 13.7. The van der Waals surface area contributed by atoms with E-state index in [4.69, 9.17) is 11.6 Å². The summed E-state index contributed by atoms with van der Waals surface area (Å²) in [6.45, 7) is 2.55. The van der Waals surface area contributed by atoms with Gasteiger partial charge >= 0.3 is 0 Å². The first-order valence-electron chi connectivity index (χ1n) is 7.79. The fourth-order valence-electron chi connectivity index (χ4n) is 2.98. The SMILES string of the molecule is CN(c1ncc(Cl)cn1)C1CCN(Cc2ccccc2F)CC1. The quantitative estimate of drug-likeness (QED) is 0.858. The molecule has 1 aromatic carbocycles. The van der Waals surface area contributed by atoms with E-state index in [0.29, 0.717) is 23.6 Å². The number of piperidine rings is 1. The van der Waals surface area contributed by atoms with E-state index in [1.807, 2.05) is 19.2 Å². The van der Waals surface area contributed by atoms with E-state index in [-0.39, 0.29) is 5.82 Å². The van der Waals surface area contributed by atoms with Crippen LogP contribution in [0.5, 0.6) is 0 Å². The number of hydrogen-bond acceptors (Lipinski definition) is 4. The molecule has 1 aliphatic heterocycles. The van der Waals surface area contributed by atoms with Crippen LogP contribution >= 0.6 is 11.6 Å². The highest BCUT2D eigenvalue weighted by Crippen LogP contribution is 2.21. The average molecular weight is 335 g/mol. The Hall–Kier alpha value is -1.72. The van der Waals surface area contributed by atoms with Crippen molar-refractivity contribution in [3.05, 3.63) is 53.1 Å². The third kappa shape index (κ3) is 3.98. The molecule has 1 fully saturated rings. The number of hydrogen-bond donors (Lipinski definition) is 0. The van der Waals surface area contributed by atoms with Gasteiger partial charge in [0, 0.05) is 38.3 Å². The molecule has 0 bridgehead atoms. The standard InChI is InChI=1S/C17H20ClFN4/c1-22(17-20-10-14(18)11-21-17)15-6-8-23(9-7-15)12-13-4-2-3-5-16(13)19/h2-5,10-11,15H,6-9,12H2,1H3. The summed E-state index contributed by atoms with van der Waals surface area (Å²) in [4.78, 5) is 12.9. The van der Waals surface area contributed by atoms with E-state index >= 15 is 0 Å². The number of likely N-dealkylation sites (tertiary alicyclic amines) is 1. The minimum atomic E-state index is -0.124. The second-order valence-electron chi connectivity index (χ2n) is 5.91. The van der Waals surface area contributed by atoms with Crippen LogP contribution in [0.3, 0.4) is 0 Å². The van der Waals surface area contributed by atoms with Crippen LogP contribution in [0.15, 0.2) is 36.7 Å². The predicted molar refractivity (Wildman–Crippen MR) is 90.1 cm³/mol. The van der Waals surface area contributed by atoms with Crippen molar-refractivity contribution in [2.24, 2.45) is 0 Å². The van der Waals surface area contributed by atoms with Gasteiger partial charge in [0.05, 0.1) is 17.4 Å². The molecule has 0 spiro atoms. The number of nitrogens with zero attached hydrogens (tertiary/aromatic N) is 4. The van der Waals surface area contributed by atoms with E-state index < -0.39 is 0 Å². The minimum absolute atomic E-state index is 0.124. The van der Waals surface area contributed by atoms with Gasteiger partial charge in [0.1, 0.15) is 5.82 Å². The fourth-order valence-corrected chi connectivity index (χ4v) is 3.08. The lowest BCUT2D eigenvalue weighted by atomic mass is 10.0. The Balaban J connectivity index is 1.56. The first-order valence-corrected chi connectivity index (χ1v) is 8.17. The third-order valence-electron chi connectivity index (χ3n) is 4.38. The zero-order valence-corrected chi connectivity index (χ0v) is 13.9. The van der Waals surface area contributed by atoms with Gasteiger partial charge in [-0.25, -0.2) is 14.4 Å². The van der Waals surface area contributed by atoms with Crippen molar-refractivity contribution >= 4 is 17.5 Å². The van der Waals surface area contributed by atoms with Crippen LogP contribution < -0.4 is 4.90 Å². The first-order chi connectivity index (χ1) is 11.1. The Morgan fingerprint density at radius 1 is 1.22 bits per heavy atom. The summed E-state index contributed by atoms with van der Waals surface area (Å²) in [6, 6.07) is 7.39. The number of benzene rings is 1. The summed E-state index contributed by atoms with van der Waals surface area (Å²) in [5, 5.41) is 0.543. The van der Waals surface area contributed by atoms with Gasteiger partial charge < -0.3 is 4.90 Å². The van der Waals surface area contributed by atoms with Gasteiger partial charge in [-0.05, 0) is 18.9 Å². The first kappa shape index (κ1) is 16.1. The van der Waals surface area contributed by atoms with Crippen LogP contribution in [-0.2, 0) is 6.54 Å². The van der Waals surface area contributed by atoms with Gasteiger partial charge in [0.2, 0.25) is 5.95 Å². The number of anilines is 1. The molecule has 122 valence electrons. The molecule has 0 atom stereocenters. The summed E-state index contributed by atoms with van der Waals surface area (Å²) in [7, 11) is 2.01. The second kappa shape index (κ2) is 7.23. The maximum Gasteiger partial charge on any atom is 0.225 e. The van der Waals surface area contributed by atoms with E-state index in [2.05, 4.69) is 19.8 Å². The van der Waals surface area contributed by atoms with Gasteiger partial charge in [-0.15, -0.1) is 0 Å². The molecule has 0 N–H and O–H groups in total. The van der Waals surface area contributed by atoms with Crippen LogP contribution in [0.1, 0.15) is 18.4 Å². The Labute approximate surface area is 140 Å². The molecule has 2 heterocycles. The monoisotopic (exact) mass is 334 g/mol. The molecule has 0 radical (unpaired) electrons. The molecule has 1 aliphatic rings. The number of aromatic nitrogens is 2. The van der Waals surface area contributed by atoms with E-state index in [9.17, 15) is 4.39 Å². The summed E-state index contributed by atoms with van der Waals surface area (Å²) in [6.07, 6.45) is 5.26. The van der Waals surface area contributed by atoms with Crippen molar-refractivity contribution in [1.82, 2.24) is 14.9 Å². The largest absolute Gasteiger partial charge is 0.341 e. The highest BCUT2D eigenvalue weighted by atomic mass is 35.5. The maximum atomic E-state index is 13.7. The number of halogens is 2. The number of rotatable bonds is 4. The zero-order chi connectivity index (χ0) is 16.2. The molecule has 2 aromatic rings.